The van der Waals surface area contributed by atoms with Crippen molar-refractivity contribution in [3.8, 4) is 0 Å². The maximum absolute atomic E-state index is 9.34. The first kappa shape index (κ1) is 16.8. The van der Waals surface area contributed by atoms with Crippen molar-refractivity contribution >= 4 is 78.8 Å². The summed E-state index contributed by atoms with van der Waals surface area (Å²) in [7, 11) is -4.38. The summed E-state index contributed by atoms with van der Waals surface area (Å²) >= 11 is 4.21. The summed E-state index contributed by atoms with van der Waals surface area (Å²) in [6, 6.07) is 0. The molecule has 0 amide bonds. The molecular weight excluding hydrogens is 176 g/mol. The van der Waals surface area contributed by atoms with Crippen LogP contribution >= 0.6 is 19.7 Å². The molecular formula is H4ClNa2O4P. The predicted octanol–water partition coefficient (Wildman–Crippen LogP) is -1.05. The van der Waals surface area contributed by atoms with Gasteiger partial charge in [-0.1, -0.05) is 0 Å². The van der Waals surface area contributed by atoms with Gasteiger partial charge in [0.1, 0.15) is 0 Å². The van der Waals surface area contributed by atoms with E-state index in [9.17, 15) is 4.57 Å². The Labute approximate surface area is 95.9 Å². The average Bonchev–Trinajstić information content (AvgIpc) is 1.35. The van der Waals surface area contributed by atoms with Crippen LogP contribution in [0.1, 0.15) is 0 Å². The van der Waals surface area contributed by atoms with Crippen LogP contribution in [-0.2, 0) is 8.64 Å². The molecule has 0 fully saturated rings. The summed E-state index contributed by atoms with van der Waals surface area (Å²) in [5.74, 6) is 0. The third-order valence-electron chi connectivity index (χ3n) is 0.0899. The van der Waals surface area contributed by atoms with Crippen molar-refractivity contribution in [1.82, 2.24) is 0 Å². The van der Waals surface area contributed by atoms with Gasteiger partial charge < -0.3 is 9.79 Å². The van der Waals surface area contributed by atoms with E-state index in [1.807, 2.05) is 0 Å². The van der Waals surface area contributed by atoms with Crippen LogP contribution in [0.15, 0.2) is 0 Å². The molecule has 0 atom stereocenters. The van der Waals surface area contributed by atoms with E-state index in [1.165, 1.54) is 0 Å². The van der Waals surface area contributed by atoms with Gasteiger partial charge in [-0.3, -0.25) is 0 Å². The molecule has 2 N–H and O–H groups in total. The van der Waals surface area contributed by atoms with Crippen molar-refractivity contribution in [3.05, 3.63) is 0 Å². The first-order valence-corrected chi connectivity index (χ1v) is 2.76. The Morgan fingerprint density at radius 3 is 1.50 bits per heavy atom. The van der Waals surface area contributed by atoms with Gasteiger partial charge in [0.25, 0.3) is 0 Å². The summed E-state index contributed by atoms with van der Waals surface area (Å²) in [6.45, 7) is 0. The zero-order valence-electron chi connectivity index (χ0n) is 2.54. The van der Waals surface area contributed by atoms with Crippen LogP contribution in [0.3, 0.4) is 0 Å². The quantitative estimate of drug-likeness (QED) is 0.399. The standard InChI is InChI=1S/ClH2O4P.2Na.2H/c1-5-6(2,3)4;;;;/h(H2,2,3,4);;;;. The third-order valence-corrected chi connectivity index (χ3v) is 0.809. The van der Waals surface area contributed by atoms with E-state index in [0.29, 0.717) is 0 Å². The van der Waals surface area contributed by atoms with Crippen molar-refractivity contribution in [2.24, 2.45) is 0 Å². The molecule has 0 aromatic heterocycles. The third kappa shape index (κ3) is 15.8. The Balaban J connectivity index is -0.000000125. The molecule has 4 nitrogen and oxygen atoms in total. The molecule has 0 aromatic rings. The summed E-state index contributed by atoms with van der Waals surface area (Å²) in [5.41, 5.74) is 0. The van der Waals surface area contributed by atoms with Gasteiger partial charge in [-0.2, -0.15) is 4.08 Å². The van der Waals surface area contributed by atoms with Crippen LogP contribution < -0.4 is 0 Å². The van der Waals surface area contributed by atoms with Crippen molar-refractivity contribution in [1.29, 1.82) is 0 Å². The Morgan fingerprint density at radius 1 is 1.38 bits per heavy atom. The molecule has 42 valence electrons. The topological polar surface area (TPSA) is 66.8 Å². The fraction of sp³-hybridized carbons (Fsp3) is 0. The molecule has 0 aliphatic rings. The van der Waals surface area contributed by atoms with Crippen LogP contribution in [0.4, 0.5) is 0 Å². The van der Waals surface area contributed by atoms with E-state index in [0.717, 1.165) is 0 Å². The van der Waals surface area contributed by atoms with Gasteiger partial charge in [-0.15, -0.1) is 0 Å². The van der Waals surface area contributed by atoms with E-state index in [-0.39, 0.29) is 59.1 Å². The monoisotopic (exact) mass is 180 g/mol. The van der Waals surface area contributed by atoms with Crippen molar-refractivity contribution in [2.45, 2.75) is 0 Å². The van der Waals surface area contributed by atoms with Crippen LogP contribution in [0.25, 0.3) is 0 Å². The van der Waals surface area contributed by atoms with Crippen molar-refractivity contribution < 1.29 is 18.4 Å². The molecule has 0 spiro atoms. The molecule has 0 radical (unpaired) electrons. The maximum atomic E-state index is 9.34. The minimum atomic E-state index is -4.38. The van der Waals surface area contributed by atoms with Gasteiger partial charge in [0.2, 0.25) is 0 Å². The fourth-order valence-corrected chi connectivity index (χ4v) is 0. The summed E-state index contributed by atoms with van der Waals surface area (Å²) < 4.78 is 12.4. The Hall–Kier alpha value is 2.40. The average molecular weight is 180 g/mol. The van der Waals surface area contributed by atoms with Gasteiger partial charge >= 0.3 is 66.9 Å². The van der Waals surface area contributed by atoms with Gasteiger partial charge in [-0.25, -0.2) is 4.57 Å². The number of phosphoric acid groups is 1. The molecule has 0 heterocycles. The summed E-state index contributed by atoms with van der Waals surface area (Å²) in [6.07, 6.45) is 0. The van der Waals surface area contributed by atoms with Crippen LogP contribution in [0, 0.1) is 0 Å². The number of hydrogen-bond acceptors (Lipinski definition) is 2. The summed E-state index contributed by atoms with van der Waals surface area (Å²) in [5, 5.41) is 0. The summed E-state index contributed by atoms with van der Waals surface area (Å²) in [4.78, 5) is 15.2. The molecule has 0 unspecified atom stereocenters. The number of rotatable bonds is 1. The second kappa shape index (κ2) is 7.51. The SMILES string of the molecule is O=P(O)(O)OCl.[NaH].[NaH]. The van der Waals surface area contributed by atoms with E-state index in [2.05, 4.69) is 15.9 Å². The molecule has 0 aliphatic heterocycles. The second-order valence-corrected chi connectivity index (χ2v) is 2.09. The van der Waals surface area contributed by atoms with Crippen LogP contribution in [0.2, 0.25) is 0 Å². The second-order valence-electron chi connectivity index (χ2n) is 0.560. The molecule has 0 aromatic carbocycles. The minimum absolute atomic E-state index is 0. The molecule has 0 saturated carbocycles. The van der Waals surface area contributed by atoms with Gasteiger partial charge in [0.15, 0.2) is 0 Å². The molecule has 8 heavy (non-hydrogen) atoms. The first-order chi connectivity index (χ1) is 2.56. The Bertz CT molecular complexity index is 78.1. The van der Waals surface area contributed by atoms with E-state index in [4.69, 9.17) is 9.79 Å². The predicted molar refractivity (Wildman–Crippen MR) is 33.3 cm³/mol. The zero-order chi connectivity index (χ0) is 5.21. The molecule has 0 saturated heterocycles. The molecule has 0 bridgehead atoms. The Kier molecular flexibility index (Phi) is 15.7. The molecule has 0 rings (SSSR count). The van der Waals surface area contributed by atoms with Crippen LogP contribution in [0.5, 0.6) is 0 Å². The van der Waals surface area contributed by atoms with Crippen molar-refractivity contribution in [2.75, 3.05) is 0 Å². The van der Waals surface area contributed by atoms with E-state index >= 15 is 0 Å². The van der Waals surface area contributed by atoms with Crippen LogP contribution in [-0.4, -0.2) is 68.9 Å². The van der Waals surface area contributed by atoms with E-state index in [1.54, 1.807) is 0 Å². The van der Waals surface area contributed by atoms with Gasteiger partial charge in [0.05, 0.1) is 11.9 Å². The van der Waals surface area contributed by atoms with E-state index < -0.39 is 7.82 Å². The van der Waals surface area contributed by atoms with Crippen molar-refractivity contribution in [3.63, 3.8) is 0 Å². The Morgan fingerprint density at radius 2 is 1.50 bits per heavy atom. The number of hydrogen-bond donors (Lipinski definition) is 2. The molecule has 0 aliphatic carbocycles. The number of halogens is 1. The first-order valence-electron chi connectivity index (χ1n) is 0.919. The van der Waals surface area contributed by atoms with Gasteiger partial charge in [0, 0.05) is 0 Å². The zero-order valence-corrected chi connectivity index (χ0v) is 4.19. The fourth-order valence-electron chi connectivity index (χ4n) is 0. The normalized spacial score (nSPS) is 8.88. The van der Waals surface area contributed by atoms with Gasteiger partial charge in [-0.05, 0) is 0 Å². The molecule has 8 heteroatoms.